The Morgan fingerprint density at radius 3 is 2.86 bits per heavy atom. The molecule has 22 heavy (non-hydrogen) atoms. The highest BCUT2D eigenvalue weighted by Gasteiger charge is 2.43. The van der Waals surface area contributed by atoms with Crippen LogP contribution in [0.1, 0.15) is 12.0 Å². The number of aryl methyl sites for hydroxylation is 2. The third kappa shape index (κ3) is 1.59. The first kappa shape index (κ1) is 12.7. The average molecular weight is 293 g/mol. The molecule has 111 valence electrons. The molecule has 1 aromatic carbocycles. The molecule has 3 saturated heterocycles. The van der Waals surface area contributed by atoms with E-state index in [2.05, 4.69) is 47.3 Å². The van der Waals surface area contributed by atoms with Crippen LogP contribution in [0.25, 0.3) is 10.9 Å². The van der Waals surface area contributed by atoms with Crippen LogP contribution in [0.15, 0.2) is 23.0 Å². The second-order valence-corrected chi connectivity index (χ2v) is 6.68. The molecule has 6 heteroatoms. The van der Waals surface area contributed by atoms with Crippen LogP contribution in [0.4, 0.5) is 5.82 Å². The standard InChI is InChI=1S/C16H18BN4O/c1-19-12-8-20(9-13(19)17-12)15-11-6-2-4-10-5-3-7-21(14(10)11)16(22)18-15/h2,4,6,12-13H,3,5,7-9H2,1H3. The number of aromatic nitrogens is 2. The summed E-state index contributed by atoms with van der Waals surface area (Å²) in [5, 5.41) is 1.14. The fourth-order valence-electron chi connectivity index (χ4n) is 4.23. The van der Waals surface area contributed by atoms with Crippen molar-refractivity contribution in [3.05, 3.63) is 34.2 Å². The molecule has 2 unspecified atom stereocenters. The van der Waals surface area contributed by atoms with E-state index in [1.165, 1.54) is 5.56 Å². The topological polar surface area (TPSA) is 41.4 Å². The maximum atomic E-state index is 12.5. The van der Waals surface area contributed by atoms with Crippen LogP contribution in [0, 0.1) is 0 Å². The van der Waals surface area contributed by atoms with Crippen molar-refractivity contribution in [2.75, 3.05) is 25.0 Å². The minimum Gasteiger partial charge on any atom is -0.354 e. The number of rotatable bonds is 1. The van der Waals surface area contributed by atoms with Gasteiger partial charge in [0.05, 0.1) is 5.52 Å². The Morgan fingerprint density at radius 2 is 2.09 bits per heavy atom. The van der Waals surface area contributed by atoms with E-state index in [0.29, 0.717) is 11.9 Å². The van der Waals surface area contributed by atoms with Gasteiger partial charge in [0, 0.05) is 25.0 Å². The van der Waals surface area contributed by atoms with Gasteiger partial charge in [-0.05, 0) is 43.4 Å². The fourth-order valence-corrected chi connectivity index (χ4v) is 4.23. The van der Waals surface area contributed by atoms with Crippen molar-refractivity contribution < 1.29 is 0 Å². The molecule has 0 spiro atoms. The lowest BCUT2D eigenvalue weighted by Gasteiger charge is -2.55. The van der Waals surface area contributed by atoms with Crippen LogP contribution in [-0.2, 0) is 13.0 Å². The predicted octanol–water partition coefficient (Wildman–Crippen LogP) is 0.464. The number of piperazine rings is 1. The zero-order valence-corrected chi connectivity index (χ0v) is 12.7. The van der Waals surface area contributed by atoms with E-state index in [0.717, 1.165) is 49.2 Å². The van der Waals surface area contributed by atoms with Crippen LogP contribution >= 0.6 is 0 Å². The molecule has 5 nitrogen and oxygen atoms in total. The lowest BCUT2D eigenvalue weighted by molar-refractivity contribution is 0.193. The molecule has 0 N–H and O–H groups in total. The summed E-state index contributed by atoms with van der Waals surface area (Å²) in [6.07, 6.45) is 2.09. The Bertz CT molecular complexity index is 821. The van der Waals surface area contributed by atoms with Crippen molar-refractivity contribution in [3.8, 4) is 0 Å². The summed E-state index contributed by atoms with van der Waals surface area (Å²) in [6, 6.07) is 6.37. The molecule has 2 bridgehead atoms. The van der Waals surface area contributed by atoms with E-state index in [9.17, 15) is 4.79 Å². The summed E-state index contributed by atoms with van der Waals surface area (Å²) in [5.41, 5.74) is 2.31. The van der Waals surface area contributed by atoms with Gasteiger partial charge in [-0.15, -0.1) is 0 Å². The third-order valence-electron chi connectivity index (χ3n) is 5.50. The van der Waals surface area contributed by atoms with E-state index in [1.807, 2.05) is 4.57 Å². The number of hydrogen-bond acceptors (Lipinski definition) is 4. The molecule has 6 rings (SSSR count). The molecule has 0 saturated carbocycles. The van der Waals surface area contributed by atoms with Gasteiger partial charge in [0.25, 0.3) is 0 Å². The molecule has 1 radical (unpaired) electrons. The van der Waals surface area contributed by atoms with Crippen LogP contribution < -0.4 is 10.6 Å². The van der Waals surface area contributed by atoms with Gasteiger partial charge >= 0.3 is 5.69 Å². The Hall–Kier alpha value is -1.82. The Labute approximate surface area is 129 Å². The SMILES string of the molecule is CN1C2[B]C1CN(c1nc(=O)n3c4c(cccc14)CCC3)C2. The third-order valence-corrected chi connectivity index (χ3v) is 5.50. The molecular formula is C16H18BN4O. The smallest absolute Gasteiger partial charge is 0.350 e. The first-order valence-electron chi connectivity index (χ1n) is 8.07. The number of benzene rings is 1. The molecule has 1 aromatic heterocycles. The minimum atomic E-state index is -0.0915. The van der Waals surface area contributed by atoms with Crippen molar-refractivity contribution in [3.63, 3.8) is 0 Å². The van der Waals surface area contributed by atoms with Gasteiger partial charge in [0.15, 0.2) is 7.28 Å². The molecule has 0 amide bonds. The highest BCUT2D eigenvalue weighted by atomic mass is 16.1. The quantitative estimate of drug-likeness (QED) is 0.717. The van der Waals surface area contributed by atoms with Crippen molar-refractivity contribution in [2.45, 2.75) is 31.3 Å². The molecule has 4 aliphatic rings. The second kappa shape index (κ2) is 4.35. The first-order valence-corrected chi connectivity index (χ1v) is 8.07. The number of nitrogens with zero attached hydrogens (tertiary/aromatic N) is 4. The van der Waals surface area contributed by atoms with Crippen LogP contribution in [0.5, 0.6) is 0 Å². The lowest BCUT2D eigenvalue weighted by atomic mass is 9.50. The lowest BCUT2D eigenvalue weighted by Crippen LogP contribution is -2.73. The normalized spacial score (nSPS) is 26.7. The van der Waals surface area contributed by atoms with Crippen molar-refractivity contribution in [1.82, 2.24) is 14.5 Å². The van der Waals surface area contributed by atoms with Crippen LogP contribution in [-0.4, -0.2) is 53.8 Å². The molecule has 2 aromatic rings. The van der Waals surface area contributed by atoms with E-state index in [-0.39, 0.29) is 5.69 Å². The van der Waals surface area contributed by atoms with E-state index in [1.54, 1.807) is 0 Å². The van der Waals surface area contributed by atoms with E-state index >= 15 is 0 Å². The number of para-hydroxylation sites is 1. The van der Waals surface area contributed by atoms with Gasteiger partial charge in [-0.3, -0.25) is 4.57 Å². The zero-order valence-electron chi connectivity index (χ0n) is 12.7. The molecule has 4 aliphatic heterocycles. The Balaban J connectivity index is 1.70. The number of fused-ring (bicyclic) bond motifs is 2. The van der Waals surface area contributed by atoms with Gasteiger partial charge in [-0.1, -0.05) is 12.1 Å². The average Bonchev–Trinajstić information content (AvgIpc) is 2.57. The van der Waals surface area contributed by atoms with Crippen LogP contribution in [0.3, 0.4) is 0 Å². The molecule has 3 fully saturated rings. The summed E-state index contributed by atoms with van der Waals surface area (Å²) < 4.78 is 1.86. The van der Waals surface area contributed by atoms with Crippen molar-refractivity contribution >= 4 is 24.0 Å². The van der Waals surface area contributed by atoms with Gasteiger partial charge in [0.2, 0.25) is 0 Å². The molecule has 5 heterocycles. The monoisotopic (exact) mass is 293 g/mol. The molecular weight excluding hydrogens is 275 g/mol. The maximum Gasteiger partial charge on any atom is 0.350 e. The predicted molar refractivity (Wildman–Crippen MR) is 87.6 cm³/mol. The van der Waals surface area contributed by atoms with Crippen molar-refractivity contribution in [1.29, 1.82) is 0 Å². The van der Waals surface area contributed by atoms with Gasteiger partial charge in [-0.25, -0.2) is 4.79 Å². The first-order chi connectivity index (χ1) is 10.7. The minimum absolute atomic E-state index is 0.0915. The summed E-state index contributed by atoms with van der Waals surface area (Å²) in [6.45, 7) is 2.66. The van der Waals surface area contributed by atoms with Gasteiger partial charge in [0.1, 0.15) is 5.82 Å². The highest BCUT2D eigenvalue weighted by Crippen LogP contribution is 2.32. The molecule has 0 aliphatic carbocycles. The zero-order chi connectivity index (χ0) is 14.8. The Kier molecular flexibility index (Phi) is 2.51. The second-order valence-electron chi connectivity index (χ2n) is 6.68. The highest BCUT2D eigenvalue weighted by molar-refractivity contribution is 6.44. The number of likely N-dealkylation sites (N-methyl/N-ethyl adjacent to an activating group) is 1. The Morgan fingerprint density at radius 1 is 1.27 bits per heavy atom. The van der Waals surface area contributed by atoms with E-state index < -0.39 is 0 Å². The van der Waals surface area contributed by atoms with Gasteiger partial charge in [-0.2, -0.15) is 4.98 Å². The van der Waals surface area contributed by atoms with Gasteiger partial charge < -0.3 is 9.80 Å². The molecule has 2 atom stereocenters. The summed E-state index contributed by atoms with van der Waals surface area (Å²) in [7, 11) is 4.57. The maximum absolute atomic E-state index is 12.5. The van der Waals surface area contributed by atoms with Crippen molar-refractivity contribution in [2.24, 2.45) is 0 Å². The number of hydrogen-bond donors (Lipinski definition) is 0. The summed E-state index contributed by atoms with van der Waals surface area (Å²) in [4.78, 5) is 21.6. The van der Waals surface area contributed by atoms with Crippen LogP contribution in [0.2, 0.25) is 0 Å². The fraction of sp³-hybridized carbons (Fsp3) is 0.500. The summed E-state index contributed by atoms with van der Waals surface area (Å²) in [5.74, 6) is 1.87. The largest absolute Gasteiger partial charge is 0.354 e. The summed E-state index contributed by atoms with van der Waals surface area (Å²) >= 11 is 0. The number of anilines is 1. The van der Waals surface area contributed by atoms with E-state index in [4.69, 9.17) is 0 Å².